The van der Waals surface area contributed by atoms with E-state index in [-0.39, 0.29) is 22.5 Å². The van der Waals surface area contributed by atoms with Crippen molar-refractivity contribution in [2.75, 3.05) is 16.5 Å². The molecule has 140 valence electrons. The molecule has 0 aliphatic carbocycles. The van der Waals surface area contributed by atoms with Gasteiger partial charge in [-0.25, -0.2) is 4.98 Å². The van der Waals surface area contributed by atoms with Crippen LogP contribution in [-0.2, 0) is 11.0 Å². The maximum Gasteiger partial charge on any atom is 0.416 e. The summed E-state index contributed by atoms with van der Waals surface area (Å²) >= 11 is 6.61. The van der Waals surface area contributed by atoms with Gasteiger partial charge in [-0.3, -0.25) is 14.9 Å². The van der Waals surface area contributed by atoms with Gasteiger partial charge in [-0.2, -0.15) is 13.2 Å². The number of anilines is 2. The maximum absolute atomic E-state index is 12.6. The molecule has 0 saturated carbocycles. The zero-order chi connectivity index (χ0) is 19.6. The van der Waals surface area contributed by atoms with Crippen LogP contribution in [0.4, 0.5) is 24.0 Å². The minimum Gasteiger partial charge on any atom is -0.325 e. The number of rotatable bonds is 4. The minimum absolute atomic E-state index is 0.0809. The van der Waals surface area contributed by atoms with E-state index in [2.05, 4.69) is 15.6 Å². The largest absolute Gasteiger partial charge is 0.416 e. The molecule has 0 saturated heterocycles. The van der Waals surface area contributed by atoms with Gasteiger partial charge in [0.15, 0.2) is 5.13 Å². The molecular weight excluding hydrogens is 403 g/mol. The third kappa shape index (κ3) is 4.55. The number of fused-ring (bicyclic) bond motifs is 1. The Morgan fingerprint density at radius 3 is 2.41 bits per heavy atom. The fourth-order valence-electron chi connectivity index (χ4n) is 2.23. The summed E-state index contributed by atoms with van der Waals surface area (Å²) in [6, 6.07) is 8.90. The number of amides is 2. The van der Waals surface area contributed by atoms with Crippen LogP contribution in [0.1, 0.15) is 15.9 Å². The lowest BCUT2D eigenvalue weighted by Crippen LogP contribution is -2.12. The van der Waals surface area contributed by atoms with Gasteiger partial charge in [0.25, 0.3) is 5.91 Å². The van der Waals surface area contributed by atoms with Crippen LogP contribution in [0.25, 0.3) is 10.2 Å². The maximum atomic E-state index is 12.6. The summed E-state index contributed by atoms with van der Waals surface area (Å²) in [7, 11) is 0. The Bertz CT molecular complexity index is 1000. The normalized spacial score (nSPS) is 11.4. The molecule has 2 N–H and O–H groups in total. The highest BCUT2D eigenvalue weighted by molar-refractivity contribution is 7.22. The summed E-state index contributed by atoms with van der Waals surface area (Å²) in [6.45, 7) is 0. The van der Waals surface area contributed by atoms with Crippen LogP contribution in [-0.4, -0.2) is 22.7 Å². The molecule has 1 aromatic heterocycles. The highest BCUT2D eigenvalue weighted by Crippen LogP contribution is 2.30. The van der Waals surface area contributed by atoms with Crippen molar-refractivity contribution in [2.45, 2.75) is 6.18 Å². The zero-order valence-electron chi connectivity index (χ0n) is 13.4. The average Bonchev–Trinajstić information content (AvgIpc) is 3.02. The number of benzene rings is 2. The van der Waals surface area contributed by atoms with Gasteiger partial charge in [0, 0.05) is 11.3 Å². The minimum atomic E-state index is -4.46. The van der Waals surface area contributed by atoms with E-state index in [0.717, 1.165) is 24.3 Å². The van der Waals surface area contributed by atoms with E-state index in [1.807, 2.05) is 0 Å². The Morgan fingerprint density at radius 1 is 1.07 bits per heavy atom. The summed E-state index contributed by atoms with van der Waals surface area (Å²) in [5, 5.41) is 5.45. The lowest BCUT2D eigenvalue weighted by molar-refractivity contribution is -0.137. The molecule has 2 amide bonds. The fourth-order valence-corrected chi connectivity index (χ4v) is 3.20. The molecule has 0 fully saturated rings. The molecule has 0 unspecified atom stereocenters. The summed E-state index contributed by atoms with van der Waals surface area (Å²) in [6.07, 6.45) is -4.46. The first-order chi connectivity index (χ1) is 12.8. The SMILES string of the molecule is O=C(CCl)Nc1ccc2nc(NC(=O)c3ccc(C(F)(F)F)cc3)sc2c1. The van der Waals surface area contributed by atoms with Gasteiger partial charge in [-0.05, 0) is 42.5 Å². The highest BCUT2D eigenvalue weighted by Gasteiger charge is 2.30. The Morgan fingerprint density at radius 2 is 1.78 bits per heavy atom. The van der Waals surface area contributed by atoms with Crippen LogP contribution in [0.15, 0.2) is 42.5 Å². The van der Waals surface area contributed by atoms with Gasteiger partial charge in [-0.15, -0.1) is 11.6 Å². The summed E-state index contributed by atoms with van der Waals surface area (Å²) < 4.78 is 38.4. The van der Waals surface area contributed by atoms with Crippen LogP contribution in [0.2, 0.25) is 0 Å². The number of aromatic nitrogens is 1. The summed E-state index contributed by atoms with van der Waals surface area (Å²) in [5.74, 6) is -1.09. The van der Waals surface area contributed by atoms with Gasteiger partial charge in [0.1, 0.15) is 5.88 Å². The van der Waals surface area contributed by atoms with Crippen LogP contribution in [0.3, 0.4) is 0 Å². The number of hydrogen-bond donors (Lipinski definition) is 2. The monoisotopic (exact) mass is 413 g/mol. The van der Waals surface area contributed by atoms with Crippen LogP contribution in [0, 0.1) is 0 Å². The first-order valence-corrected chi connectivity index (χ1v) is 8.86. The molecular formula is C17H11ClF3N3O2S. The van der Waals surface area contributed by atoms with E-state index in [0.29, 0.717) is 15.9 Å². The molecule has 0 atom stereocenters. The van der Waals surface area contributed by atoms with Crippen molar-refractivity contribution in [3.8, 4) is 0 Å². The second-order valence-electron chi connectivity index (χ2n) is 5.41. The number of thiazole rings is 1. The lowest BCUT2D eigenvalue weighted by Gasteiger charge is -2.07. The van der Waals surface area contributed by atoms with Crippen molar-refractivity contribution in [1.82, 2.24) is 4.98 Å². The Kier molecular flexibility index (Phi) is 5.33. The van der Waals surface area contributed by atoms with E-state index < -0.39 is 17.6 Å². The molecule has 10 heteroatoms. The molecule has 0 aliphatic rings. The van der Waals surface area contributed by atoms with Gasteiger partial charge in [0.2, 0.25) is 5.91 Å². The number of carbonyl (C=O) groups is 2. The highest BCUT2D eigenvalue weighted by atomic mass is 35.5. The molecule has 0 bridgehead atoms. The molecule has 3 aromatic rings. The molecule has 3 rings (SSSR count). The number of alkyl halides is 4. The quantitative estimate of drug-likeness (QED) is 0.606. The number of halogens is 4. The second kappa shape index (κ2) is 7.53. The van der Waals surface area contributed by atoms with Gasteiger partial charge in [-0.1, -0.05) is 11.3 Å². The van der Waals surface area contributed by atoms with Crippen molar-refractivity contribution in [1.29, 1.82) is 0 Å². The molecule has 5 nitrogen and oxygen atoms in total. The molecule has 0 spiro atoms. The smallest absolute Gasteiger partial charge is 0.325 e. The molecule has 2 aromatic carbocycles. The average molecular weight is 414 g/mol. The summed E-state index contributed by atoms with van der Waals surface area (Å²) in [5.41, 5.74) is 0.395. The first kappa shape index (κ1) is 19.1. The van der Waals surface area contributed by atoms with Crippen molar-refractivity contribution in [2.24, 2.45) is 0 Å². The topological polar surface area (TPSA) is 71.1 Å². The molecule has 0 aliphatic heterocycles. The van der Waals surface area contributed by atoms with Crippen LogP contribution in [0.5, 0.6) is 0 Å². The zero-order valence-corrected chi connectivity index (χ0v) is 15.0. The number of nitrogens with one attached hydrogen (secondary N) is 2. The van der Waals surface area contributed by atoms with Crippen molar-refractivity contribution >= 4 is 55.8 Å². The van der Waals surface area contributed by atoms with Gasteiger partial charge in [0.05, 0.1) is 15.8 Å². The van der Waals surface area contributed by atoms with Crippen molar-refractivity contribution < 1.29 is 22.8 Å². The van der Waals surface area contributed by atoms with Crippen LogP contribution >= 0.6 is 22.9 Å². The van der Waals surface area contributed by atoms with E-state index >= 15 is 0 Å². The van der Waals surface area contributed by atoms with Crippen molar-refractivity contribution in [3.63, 3.8) is 0 Å². The Hall–Kier alpha value is -2.65. The molecule has 1 heterocycles. The molecule has 0 radical (unpaired) electrons. The number of hydrogen-bond acceptors (Lipinski definition) is 4. The predicted octanol–water partition coefficient (Wildman–Crippen LogP) is 4.74. The number of nitrogens with zero attached hydrogens (tertiary/aromatic N) is 1. The predicted molar refractivity (Wildman–Crippen MR) is 98.4 cm³/mol. The van der Waals surface area contributed by atoms with Crippen molar-refractivity contribution in [3.05, 3.63) is 53.6 Å². The number of carbonyl (C=O) groups excluding carboxylic acids is 2. The van der Waals surface area contributed by atoms with E-state index in [4.69, 9.17) is 11.6 Å². The fraction of sp³-hybridized carbons (Fsp3) is 0.118. The molecule has 27 heavy (non-hydrogen) atoms. The summed E-state index contributed by atoms with van der Waals surface area (Å²) in [4.78, 5) is 27.8. The lowest BCUT2D eigenvalue weighted by atomic mass is 10.1. The third-order valence-corrected chi connectivity index (χ3v) is 4.66. The first-order valence-electron chi connectivity index (χ1n) is 7.51. The van der Waals surface area contributed by atoms with Gasteiger partial charge < -0.3 is 5.32 Å². The van der Waals surface area contributed by atoms with Crippen LogP contribution < -0.4 is 10.6 Å². The van der Waals surface area contributed by atoms with E-state index in [9.17, 15) is 22.8 Å². The standard InChI is InChI=1S/C17H11ClF3N3O2S/c18-8-14(25)22-11-5-6-12-13(7-11)27-16(23-12)24-15(26)9-1-3-10(4-2-9)17(19,20)21/h1-7H,8H2,(H,22,25)(H,23,24,26). The second-order valence-corrected chi connectivity index (χ2v) is 6.71. The van der Waals surface area contributed by atoms with Gasteiger partial charge >= 0.3 is 6.18 Å². The third-order valence-electron chi connectivity index (χ3n) is 3.49. The van der Waals surface area contributed by atoms with E-state index in [1.54, 1.807) is 18.2 Å². The van der Waals surface area contributed by atoms with E-state index in [1.165, 1.54) is 11.3 Å². The Balaban J connectivity index is 1.75. The Labute approximate surface area is 160 Å².